The van der Waals surface area contributed by atoms with Crippen LogP contribution >= 0.6 is 34.5 Å². The predicted molar refractivity (Wildman–Crippen MR) is 120 cm³/mol. The first-order chi connectivity index (χ1) is 14.4. The summed E-state index contributed by atoms with van der Waals surface area (Å²) in [5.41, 5.74) is 1.67. The molecule has 30 heavy (non-hydrogen) atoms. The van der Waals surface area contributed by atoms with Gasteiger partial charge in [0, 0.05) is 15.4 Å². The zero-order chi connectivity index (χ0) is 21.8. The van der Waals surface area contributed by atoms with E-state index in [-0.39, 0.29) is 17.1 Å². The third-order valence-electron chi connectivity index (χ3n) is 3.90. The molecule has 0 saturated heterocycles. The molecule has 0 unspecified atom stereocenters. The van der Waals surface area contributed by atoms with Crippen LogP contribution in [-0.4, -0.2) is 22.0 Å². The van der Waals surface area contributed by atoms with E-state index in [0.29, 0.717) is 31.6 Å². The summed E-state index contributed by atoms with van der Waals surface area (Å²) < 4.78 is 5.42. The van der Waals surface area contributed by atoms with Gasteiger partial charge in [0.2, 0.25) is 0 Å². The molecule has 2 aromatic heterocycles. The summed E-state index contributed by atoms with van der Waals surface area (Å²) in [5.74, 6) is -2.01. The number of oxazole rings is 1. The molecule has 4 aromatic rings. The molecule has 0 aliphatic heterocycles. The van der Waals surface area contributed by atoms with Crippen molar-refractivity contribution in [1.29, 1.82) is 0 Å². The molecule has 6 nitrogen and oxygen atoms in total. The zero-order valence-corrected chi connectivity index (χ0v) is 17.6. The summed E-state index contributed by atoms with van der Waals surface area (Å²) >= 11 is 13.0. The molecular weight excluding hydrogens is 447 g/mol. The highest BCUT2D eigenvalue weighted by Crippen LogP contribution is 2.36. The van der Waals surface area contributed by atoms with Gasteiger partial charge in [-0.25, -0.2) is 9.78 Å². The van der Waals surface area contributed by atoms with Crippen molar-refractivity contribution < 1.29 is 19.1 Å². The molecule has 0 bridgehead atoms. The number of halogens is 2. The lowest BCUT2D eigenvalue weighted by Gasteiger charge is -2.04. The summed E-state index contributed by atoms with van der Waals surface area (Å²) in [7, 11) is 0. The van der Waals surface area contributed by atoms with Crippen LogP contribution in [0.2, 0.25) is 10.0 Å². The molecule has 0 atom stereocenters. The minimum atomic E-state index is -1.16. The number of carboxylic acid groups (broad SMARTS) is 1. The number of thiophene rings is 1. The van der Waals surface area contributed by atoms with Crippen molar-refractivity contribution in [3.8, 4) is 10.4 Å². The van der Waals surface area contributed by atoms with E-state index in [2.05, 4.69) is 23.5 Å². The Morgan fingerprint density at radius 2 is 1.73 bits per heavy atom. The Labute approximate surface area is 185 Å². The standard InChI is InChI=1S/C19H10Cl2N2O4S.C2H4/c20-10-3-1-9(2-4-10)16-15(19(25)26)13(8-28-16)22-17(24)18-23-12-7-11(21)5-6-14(12)27-18;1-2/h1-8H,(H,22,24)(H,25,26);1-2H2. The largest absolute Gasteiger partial charge is 0.478 e. The van der Waals surface area contributed by atoms with Crippen molar-refractivity contribution in [2.24, 2.45) is 0 Å². The van der Waals surface area contributed by atoms with Gasteiger partial charge in [-0.15, -0.1) is 24.5 Å². The number of aromatic carboxylic acids is 1. The lowest BCUT2D eigenvalue weighted by atomic mass is 10.1. The second kappa shape index (κ2) is 9.13. The van der Waals surface area contributed by atoms with Gasteiger partial charge in [-0.1, -0.05) is 35.3 Å². The number of amides is 1. The number of carboxylic acids is 1. The number of aromatic nitrogens is 1. The quantitative estimate of drug-likeness (QED) is 0.334. The Morgan fingerprint density at radius 1 is 1.07 bits per heavy atom. The number of carbonyl (C=O) groups is 2. The number of hydrogen-bond acceptors (Lipinski definition) is 5. The maximum Gasteiger partial charge on any atom is 0.339 e. The molecule has 1 amide bonds. The number of hydrogen-bond donors (Lipinski definition) is 2. The zero-order valence-electron chi connectivity index (χ0n) is 15.3. The first kappa shape index (κ1) is 21.6. The van der Waals surface area contributed by atoms with Crippen molar-refractivity contribution in [3.63, 3.8) is 0 Å². The third-order valence-corrected chi connectivity index (χ3v) is 5.42. The molecule has 9 heteroatoms. The molecule has 0 fully saturated rings. The molecule has 2 heterocycles. The van der Waals surface area contributed by atoms with Crippen LogP contribution in [0.5, 0.6) is 0 Å². The monoisotopic (exact) mass is 460 g/mol. The summed E-state index contributed by atoms with van der Waals surface area (Å²) in [5, 5.41) is 14.8. The van der Waals surface area contributed by atoms with Gasteiger partial charge in [-0.2, -0.15) is 0 Å². The number of fused-ring (bicyclic) bond motifs is 1. The predicted octanol–water partition coefficient (Wildman–Crippen LogP) is 6.62. The molecule has 0 aliphatic rings. The van der Waals surface area contributed by atoms with Crippen LogP contribution in [0, 0.1) is 0 Å². The van der Waals surface area contributed by atoms with E-state index in [1.165, 1.54) is 11.3 Å². The van der Waals surface area contributed by atoms with Crippen molar-refractivity contribution in [3.05, 3.63) is 82.5 Å². The van der Waals surface area contributed by atoms with Crippen molar-refractivity contribution in [1.82, 2.24) is 4.98 Å². The fraction of sp³-hybridized carbons (Fsp3) is 0. The summed E-state index contributed by atoms with van der Waals surface area (Å²) in [4.78, 5) is 28.9. The maximum atomic E-state index is 12.5. The normalized spacial score (nSPS) is 10.3. The van der Waals surface area contributed by atoms with Crippen LogP contribution in [0.25, 0.3) is 21.5 Å². The van der Waals surface area contributed by atoms with Gasteiger partial charge in [0.15, 0.2) is 5.58 Å². The van der Waals surface area contributed by atoms with Crippen LogP contribution in [0.1, 0.15) is 21.0 Å². The molecule has 0 radical (unpaired) electrons. The third kappa shape index (κ3) is 4.38. The van der Waals surface area contributed by atoms with E-state index in [1.54, 1.807) is 47.8 Å². The van der Waals surface area contributed by atoms with E-state index in [0.717, 1.165) is 0 Å². The Bertz CT molecular complexity index is 1230. The van der Waals surface area contributed by atoms with E-state index in [1.807, 2.05) is 0 Å². The molecule has 0 aliphatic carbocycles. The SMILES string of the molecule is C=C.O=C(Nc1csc(-c2ccc(Cl)cc2)c1C(=O)O)c1nc2cc(Cl)ccc2o1. The van der Waals surface area contributed by atoms with Gasteiger partial charge in [0.1, 0.15) is 11.1 Å². The van der Waals surface area contributed by atoms with Gasteiger partial charge in [-0.3, -0.25) is 4.79 Å². The highest BCUT2D eigenvalue weighted by molar-refractivity contribution is 7.14. The minimum Gasteiger partial charge on any atom is -0.478 e. The highest BCUT2D eigenvalue weighted by Gasteiger charge is 2.23. The van der Waals surface area contributed by atoms with Gasteiger partial charge < -0.3 is 14.8 Å². The highest BCUT2D eigenvalue weighted by atomic mass is 35.5. The van der Waals surface area contributed by atoms with Gasteiger partial charge in [-0.05, 0) is 35.9 Å². The molecule has 2 N–H and O–H groups in total. The van der Waals surface area contributed by atoms with Gasteiger partial charge >= 0.3 is 11.9 Å². The van der Waals surface area contributed by atoms with E-state index in [4.69, 9.17) is 27.6 Å². The number of nitrogens with zero attached hydrogens (tertiary/aromatic N) is 1. The van der Waals surface area contributed by atoms with Crippen molar-refractivity contribution >= 4 is 63.2 Å². The number of benzene rings is 2. The van der Waals surface area contributed by atoms with Gasteiger partial charge in [0.25, 0.3) is 5.89 Å². The van der Waals surface area contributed by atoms with Gasteiger partial charge in [0.05, 0.1) is 10.6 Å². The molecule has 152 valence electrons. The minimum absolute atomic E-state index is 0.0140. The molecule has 0 spiro atoms. The fourth-order valence-corrected chi connectivity index (χ4v) is 3.94. The van der Waals surface area contributed by atoms with Crippen molar-refractivity contribution in [2.75, 3.05) is 5.32 Å². The average molecular weight is 461 g/mol. The molecule has 0 saturated carbocycles. The van der Waals surface area contributed by atoms with E-state index in [9.17, 15) is 14.7 Å². The van der Waals surface area contributed by atoms with Crippen LogP contribution in [-0.2, 0) is 0 Å². The molecule has 2 aromatic carbocycles. The Balaban J connectivity index is 0.00000124. The molecule has 4 rings (SSSR count). The fourth-order valence-electron chi connectivity index (χ4n) is 2.65. The topological polar surface area (TPSA) is 92.4 Å². The first-order valence-electron chi connectivity index (χ1n) is 8.40. The summed E-state index contributed by atoms with van der Waals surface area (Å²) in [6.07, 6.45) is 0. The van der Waals surface area contributed by atoms with Crippen LogP contribution in [0.4, 0.5) is 5.69 Å². The number of rotatable bonds is 4. The number of nitrogens with one attached hydrogen (secondary N) is 1. The first-order valence-corrected chi connectivity index (χ1v) is 10.0. The summed E-state index contributed by atoms with van der Waals surface area (Å²) in [6, 6.07) is 11.6. The van der Waals surface area contributed by atoms with Crippen molar-refractivity contribution in [2.45, 2.75) is 0 Å². The second-order valence-corrected chi connectivity index (χ2v) is 7.50. The van der Waals surface area contributed by atoms with E-state index < -0.39 is 11.9 Å². The lowest BCUT2D eigenvalue weighted by Crippen LogP contribution is -2.14. The summed E-state index contributed by atoms with van der Waals surface area (Å²) in [6.45, 7) is 6.00. The molecular formula is C21H14Cl2N2O4S. The smallest absolute Gasteiger partial charge is 0.339 e. The number of carbonyl (C=O) groups excluding carboxylic acids is 1. The van der Waals surface area contributed by atoms with Crippen LogP contribution < -0.4 is 5.32 Å². The Hall–Kier alpha value is -3.13. The van der Waals surface area contributed by atoms with E-state index >= 15 is 0 Å². The van der Waals surface area contributed by atoms with Crippen LogP contribution in [0.3, 0.4) is 0 Å². The Morgan fingerprint density at radius 3 is 2.40 bits per heavy atom. The Kier molecular flexibility index (Phi) is 6.56. The number of anilines is 1. The second-order valence-electron chi connectivity index (χ2n) is 5.75. The average Bonchev–Trinajstić information content (AvgIpc) is 3.34. The maximum absolute atomic E-state index is 12.5. The van der Waals surface area contributed by atoms with Crippen LogP contribution in [0.15, 0.2) is 65.4 Å². The lowest BCUT2D eigenvalue weighted by molar-refractivity contribution is 0.0699.